The Morgan fingerprint density at radius 3 is 2.95 bits per heavy atom. The molecule has 2 atom stereocenters. The van der Waals surface area contributed by atoms with E-state index in [-0.39, 0.29) is 11.9 Å². The summed E-state index contributed by atoms with van der Waals surface area (Å²) in [7, 11) is 0. The van der Waals surface area contributed by atoms with Gasteiger partial charge in [0.1, 0.15) is 0 Å². The average Bonchev–Trinajstić information content (AvgIpc) is 3.10. The predicted octanol–water partition coefficient (Wildman–Crippen LogP) is 1.81. The van der Waals surface area contributed by atoms with Crippen LogP contribution in [0.4, 0.5) is 5.69 Å². The summed E-state index contributed by atoms with van der Waals surface area (Å²) in [5.41, 5.74) is 1.65. The Balaban J connectivity index is 1.83. The molecular formula is C15H18N4O. The molecule has 1 aliphatic heterocycles. The first-order valence-electron chi connectivity index (χ1n) is 6.89. The molecule has 0 aliphatic carbocycles. The van der Waals surface area contributed by atoms with Crippen molar-refractivity contribution in [2.75, 3.05) is 11.9 Å². The number of anilines is 1. The number of amides is 1. The summed E-state index contributed by atoms with van der Waals surface area (Å²) in [6.07, 6.45) is 4.62. The fourth-order valence-corrected chi connectivity index (χ4v) is 2.59. The number of carbonyl (C=O) groups excluding carboxylic acids is 1. The highest BCUT2D eigenvalue weighted by molar-refractivity contribution is 5.96. The summed E-state index contributed by atoms with van der Waals surface area (Å²) in [6, 6.07) is 9.43. The fraction of sp³-hybridized carbons (Fsp3) is 0.333. The molecule has 1 aromatic heterocycles. The summed E-state index contributed by atoms with van der Waals surface area (Å²) in [4.78, 5) is 12.3. The molecule has 5 nitrogen and oxygen atoms in total. The second-order valence-corrected chi connectivity index (χ2v) is 5.15. The number of carbonyl (C=O) groups is 1. The highest BCUT2D eigenvalue weighted by atomic mass is 16.2. The molecule has 5 heteroatoms. The number of nitrogens with one attached hydrogen (secondary N) is 2. The maximum atomic E-state index is 12.3. The van der Waals surface area contributed by atoms with E-state index < -0.39 is 0 Å². The van der Waals surface area contributed by atoms with E-state index >= 15 is 0 Å². The highest BCUT2D eigenvalue weighted by Crippen LogP contribution is 2.21. The summed E-state index contributed by atoms with van der Waals surface area (Å²) < 4.78 is 1.75. The highest BCUT2D eigenvalue weighted by Gasteiger charge is 2.29. The molecule has 2 unspecified atom stereocenters. The van der Waals surface area contributed by atoms with Crippen molar-refractivity contribution in [3.63, 3.8) is 0 Å². The van der Waals surface area contributed by atoms with E-state index in [1.54, 1.807) is 10.9 Å². The minimum atomic E-state index is -0.110. The van der Waals surface area contributed by atoms with Crippen molar-refractivity contribution in [2.24, 2.45) is 5.92 Å². The molecule has 1 fully saturated rings. The van der Waals surface area contributed by atoms with Crippen molar-refractivity contribution in [1.82, 2.24) is 15.1 Å². The number of benzene rings is 1. The molecule has 1 amide bonds. The second kappa shape index (κ2) is 5.46. The van der Waals surface area contributed by atoms with Crippen LogP contribution in [0.25, 0.3) is 5.69 Å². The third-order valence-corrected chi connectivity index (χ3v) is 3.73. The number of rotatable bonds is 3. The van der Waals surface area contributed by atoms with E-state index in [4.69, 9.17) is 0 Å². The molecule has 20 heavy (non-hydrogen) atoms. The molecular weight excluding hydrogens is 252 g/mol. The fourth-order valence-electron chi connectivity index (χ4n) is 2.59. The van der Waals surface area contributed by atoms with Gasteiger partial charge in [0.25, 0.3) is 0 Å². The first kappa shape index (κ1) is 12.9. The van der Waals surface area contributed by atoms with Gasteiger partial charge < -0.3 is 10.6 Å². The van der Waals surface area contributed by atoms with Crippen LogP contribution in [0.1, 0.15) is 13.3 Å². The van der Waals surface area contributed by atoms with E-state index in [1.165, 1.54) is 0 Å². The van der Waals surface area contributed by atoms with Crippen LogP contribution < -0.4 is 10.6 Å². The minimum absolute atomic E-state index is 0.0228. The molecule has 1 saturated heterocycles. The lowest BCUT2D eigenvalue weighted by Crippen LogP contribution is -2.39. The van der Waals surface area contributed by atoms with E-state index in [2.05, 4.69) is 22.7 Å². The van der Waals surface area contributed by atoms with Crippen molar-refractivity contribution in [2.45, 2.75) is 19.4 Å². The van der Waals surface area contributed by atoms with Crippen molar-refractivity contribution >= 4 is 11.6 Å². The van der Waals surface area contributed by atoms with Crippen LogP contribution in [0, 0.1) is 5.92 Å². The number of hydrogen-bond acceptors (Lipinski definition) is 3. The monoisotopic (exact) mass is 270 g/mol. The lowest BCUT2D eigenvalue weighted by atomic mass is 10.0. The quantitative estimate of drug-likeness (QED) is 0.894. The molecule has 1 aliphatic rings. The Morgan fingerprint density at radius 1 is 1.40 bits per heavy atom. The van der Waals surface area contributed by atoms with Crippen LogP contribution in [-0.2, 0) is 4.79 Å². The van der Waals surface area contributed by atoms with Crippen LogP contribution in [0.3, 0.4) is 0 Å². The van der Waals surface area contributed by atoms with E-state index in [0.29, 0.717) is 5.92 Å². The van der Waals surface area contributed by atoms with Crippen LogP contribution >= 0.6 is 0 Å². The molecule has 104 valence electrons. The van der Waals surface area contributed by atoms with Crippen LogP contribution in [-0.4, -0.2) is 28.3 Å². The van der Waals surface area contributed by atoms with Gasteiger partial charge in [-0.2, -0.15) is 5.10 Å². The van der Waals surface area contributed by atoms with Gasteiger partial charge in [-0.25, -0.2) is 4.68 Å². The predicted molar refractivity (Wildman–Crippen MR) is 77.8 cm³/mol. The van der Waals surface area contributed by atoms with Gasteiger partial charge in [-0.1, -0.05) is 19.1 Å². The van der Waals surface area contributed by atoms with Crippen LogP contribution in [0.2, 0.25) is 0 Å². The van der Waals surface area contributed by atoms with Gasteiger partial charge in [0.15, 0.2) is 0 Å². The van der Waals surface area contributed by atoms with E-state index in [9.17, 15) is 4.79 Å². The third-order valence-electron chi connectivity index (χ3n) is 3.73. The Hall–Kier alpha value is -2.14. The summed E-state index contributed by atoms with van der Waals surface area (Å²) in [6.45, 7) is 3.00. The SMILES string of the molecule is CC1CCNC1C(=O)Nc1ccccc1-n1cccn1. The number of para-hydroxylation sites is 2. The third kappa shape index (κ3) is 2.44. The molecule has 0 bridgehead atoms. The molecule has 0 radical (unpaired) electrons. The average molecular weight is 270 g/mol. The van der Waals surface area contributed by atoms with Crippen molar-refractivity contribution in [1.29, 1.82) is 0 Å². The smallest absolute Gasteiger partial charge is 0.241 e. The lowest BCUT2D eigenvalue weighted by molar-refractivity contribution is -0.118. The first-order chi connectivity index (χ1) is 9.75. The van der Waals surface area contributed by atoms with Gasteiger partial charge in [0.2, 0.25) is 5.91 Å². The van der Waals surface area contributed by atoms with Gasteiger partial charge in [-0.15, -0.1) is 0 Å². The number of hydrogen-bond donors (Lipinski definition) is 2. The van der Waals surface area contributed by atoms with Crippen LogP contribution in [0.5, 0.6) is 0 Å². The Bertz CT molecular complexity index is 594. The van der Waals surface area contributed by atoms with Crippen molar-refractivity contribution in [3.05, 3.63) is 42.7 Å². The van der Waals surface area contributed by atoms with Gasteiger partial charge in [-0.05, 0) is 37.1 Å². The zero-order chi connectivity index (χ0) is 13.9. The lowest BCUT2D eigenvalue weighted by Gasteiger charge is -2.17. The molecule has 2 N–H and O–H groups in total. The van der Waals surface area contributed by atoms with E-state index in [1.807, 2.05) is 36.5 Å². The van der Waals surface area contributed by atoms with Gasteiger partial charge in [0, 0.05) is 12.4 Å². The minimum Gasteiger partial charge on any atom is -0.323 e. The first-order valence-corrected chi connectivity index (χ1v) is 6.89. The second-order valence-electron chi connectivity index (χ2n) is 5.15. The Morgan fingerprint density at radius 2 is 2.25 bits per heavy atom. The molecule has 2 heterocycles. The normalized spacial score (nSPS) is 21.9. The number of aromatic nitrogens is 2. The summed E-state index contributed by atoms with van der Waals surface area (Å²) >= 11 is 0. The maximum Gasteiger partial charge on any atom is 0.241 e. The van der Waals surface area contributed by atoms with Crippen molar-refractivity contribution < 1.29 is 4.79 Å². The van der Waals surface area contributed by atoms with Crippen LogP contribution in [0.15, 0.2) is 42.7 Å². The molecule has 0 spiro atoms. The molecule has 1 aromatic carbocycles. The topological polar surface area (TPSA) is 59.0 Å². The van der Waals surface area contributed by atoms with Gasteiger partial charge in [-0.3, -0.25) is 4.79 Å². The molecule has 0 saturated carbocycles. The Kier molecular flexibility index (Phi) is 3.52. The number of nitrogens with zero attached hydrogens (tertiary/aromatic N) is 2. The van der Waals surface area contributed by atoms with Gasteiger partial charge >= 0.3 is 0 Å². The van der Waals surface area contributed by atoms with E-state index in [0.717, 1.165) is 24.3 Å². The zero-order valence-corrected chi connectivity index (χ0v) is 11.4. The van der Waals surface area contributed by atoms with Gasteiger partial charge in [0.05, 0.1) is 17.4 Å². The maximum absolute atomic E-state index is 12.3. The summed E-state index contributed by atoms with van der Waals surface area (Å²) in [5, 5.41) is 10.5. The standard InChI is InChI=1S/C15H18N4O/c1-11-7-9-16-14(11)15(20)18-12-5-2-3-6-13(12)19-10-4-8-17-19/h2-6,8,10-11,14,16H,7,9H2,1H3,(H,18,20). The molecule has 2 aromatic rings. The van der Waals surface area contributed by atoms with Crippen molar-refractivity contribution in [3.8, 4) is 5.69 Å². The Labute approximate surface area is 118 Å². The zero-order valence-electron chi connectivity index (χ0n) is 11.4. The molecule has 3 rings (SSSR count). The largest absolute Gasteiger partial charge is 0.323 e. The summed E-state index contributed by atoms with van der Waals surface area (Å²) in [5.74, 6) is 0.390.